The highest BCUT2D eigenvalue weighted by Crippen LogP contribution is 2.37. The van der Waals surface area contributed by atoms with Crippen LogP contribution in [0.4, 0.5) is 0 Å². The molecule has 0 aromatic heterocycles. The molecule has 0 heterocycles. The van der Waals surface area contributed by atoms with Gasteiger partial charge in [-0.05, 0) is 25.1 Å². The number of oxime groups is 1. The Morgan fingerprint density at radius 1 is 1.14 bits per heavy atom. The average molecular weight is 340 g/mol. The van der Waals surface area contributed by atoms with Gasteiger partial charge in [0.15, 0.2) is 11.5 Å². The van der Waals surface area contributed by atoms with E-state index in [0.29, 0.717) is 33.7 Å². The van der Waals surface area contributed by atoms with Crippen molar-refractivity contribution in [3.05, 3.63) is 57.6 Å². The number of hydrogen-bond acceptors (Lipinski definition) is 4. The van der Waals surface area contributed by atoms with Crippen LogP contribution in [-0.4, -0.2) is 18.0 Å². The zero-order valence-electron chi connectivity index (χ0n) is 11.9. The third-order valence-corrected chi connectivity index (χ3v) is 3.52. The van der Waals surface area contributed by atoms with Gasteiger partial charge in [0.25, 0.3) is 0 Å². The number of hydrogen-bond donors (Lipinski definition) is 1. The summed E-state index contributed by atoms with van der Waals surface area (Å²) >= 11 is 12.3. The predicted octanol–water partition coefficient (Wildman–Crippen LogP) is 4.78. The Kier molecular flexibility index (Phi) is 5.92. The van der Waals surface area contributed by atoms with Crippen LogP contribution in [0.1, 0.15) is 18.1 Å². The van der Waals surface area contributed by atoms with Crippen molar-refractivity contribution in [1.82, 2.24) is 0 Å². The fourth-order valence-corrected chi connectivity index (χ4v) is 2.36. The molecule has 2 aromatic rings. The number of halogens is 2. The average Bonchev–Trinajstić information content (AvgIpc) is 2.49. The van der Waals surface area contributed by atoms with E-state index < -0.39 is 0 Å². The van der Waals surface area contributed by atoms with Gasteiger partial charge in [-0.2, -0.15) is 0 Å². The lowest BCUT2D eigenvalue weighted by Gasteiger charge is -2.14. The van der Waals surface area contributed by atoms with E-state index in [1.54, 1.807) is 18.2 Å². The van der Waals surface area contributed by atoms with Gasteiger partial charge in [0, 0.05) is 16.1 Å². The molecule has 0 fully saturated rings. The molecule has 116 valence electrons. The second-order valence-corrected chi connectivity index (χ2v) is 5.20. The first-order chi connectivity index (χ1) is 10.7. The van der Waals surface area contributed by atoms with Gasteiger partial charge >= 0.3 is 0 Å². The second kappa shape index (κ2) is 7.92. The minimum atomic E-state index is 0.271. The lowest BCUT2D eigenvalue weighted by molar-refractivity contribution is 0.269. The third-order valence-electron chi connectivity index (χ3n) is 2.87. The van der Waals surface area contributed by atoms with Gasteiger partial charge < -0.3 is 14.7 Å². The van der Waals surface area contributed by atoms with Gasteiger partial charge in [-0.1, -0.05) is 46.6 Å². The molecule has 4 nitrogen and oxygen atoms in total. The van der Waals surface area contributed by atoms with Crippen molar-refractivity contribution in [3.8, 4) is 11.5 Å². The largest absolute Gasteiger partial charge is 0.490 e. The van der Waals surface area contributed by atoms with Gasteiger partial charge in [-0.25, -0.2) is 0 Å². The maximum absolute atomic E-state index is 8.62. The summed E-state index contributed by atoms with van der Waals surface area (Å²) in [7, 11) is 0. The van der Waals surface area contributed by atoms with Gasteiger partial charge in [-0.15, -0.1) is 0 Å². The SMILES string of the molecule is CCOc1cc(C=NO)cc(Cl)c1OCc1ccccc1Cl. The predicted molar refractivity (Wildman–Crippen MR) is 87.8 cm³/mol. The zero-order chi connectivity index (χ0) is 15.9. The number of rotatable bonds is 6. The molecule has 6 heteroatoms. The van der Waals surface area contributed by atoms with E-state index in [0.717, 1.165) is 5.56 Å². The molecule has 0 saturated heterocycles. The lowest BCUT2D eigenvalue weighted by atomic mass is 10.2. The maximum atomic E-state index is 8.62. The van der Waals surface area contributed by atoms with Gasteiger partial charge in [0.1, 0.15) is 6.61 Å². The van der Waals surface area contributed by atoms with Crippen LogP contribution in [0.5, 0.6) is 11.5 Å². The third kappa shape index (κ3) is 4.06. The van der Waals surface area contributed by atoms with Gasteiger partial charge in [0.2, 0.25) is 0 Å². The standard InChI is InChI=1S/C16H15Cl2NO3/c1-2-21-15-8-11(9-19-20)7-14(18)16(15)22-10-12-5-3-4-6-13(12)17/h3-9,20H,2,10H2,1H3. The van der Waals surface area contributed by atoms with E-state index in [1.165, 1.54) is 6.21 Å². The van der Waals surface area contributed by atoms with E-state index >= 15 is 0 Å². The minimum absolute atomic E-state index is 0.271. The van der Waals surface area contributed by atoms with E-state index in [-0.39, 0.29) is 6.61 Å². The molecule has 0 radical (unpaired) electrons. The first kappa shape index (κ1) is 16.5. The normalized spacial score (nSPS) is 10.9. The Morgan fingerprint density at radius 2 is 1.91 bits per heavy atom. The highest BCUT2D eigenvalue weighted by molar-refractivity contribution is 6.32. The van der Waals surface area contributed by atoms with Crippen LogP contribution in [-0.2, 0) is 6.61 Å². The summed E-state index contributed by atoms with van der Waals surface area (Å²) in [6.45, 7) is 2.59. The Morgan fingerprint density at radius 3 is 2.59 bits per heavy atom. The molecule has 0 amide bonds. The van der Waals surface area contributed by atoms with Gasteiger partial charge in [-0.3, -0.25) is 0 Å². The van der Waals surface area contributed by atoms with Crippen molar-refractivity contribution in [3.63, 3.8) is 0 Å². The summed E-state index contributed by atoms with van der Waals surface area (Å²) < 4.78 is 11.3. The molecular formula is C16H15Cl2NO3. The minimum Gasteiger partial charge on any atom is -0.490 e. The molecule has 0 atom stereocenters. The molecule has 2 aromatic carbocycles. The summed E-state index contributed by atoms with van der Waals surface area (Å²) in [6, 6.07) is 10.7. The van der Waals surface area contributed by atoms with Crippen LogP contribution < -0.4 is 9.47 Å². The van der Waals surface area contributed by atoms with E-state index in [4.69, 9.17) is 37.9 Å². The summed E-state index contributed by atoms with van der Waals surface area (Å²) in [5, 5.41) is 12.6. The highest BCUT2D eigenvalue weighted by Gasteiger charge is 2.13. The Balaban J connectivity index is 2.27. The molecule has 0 unspecified atom stereocenters. The molecule has 0 aliphatic heterocycles. The van der Waals surface area contributed by atoms with Crippen molar-refractivity contribution in [2.45, 2.75) is 13.5 Å². The van der Waals surface area contributed by atoms with Crippen molar-refractivity contribution in [1.29, 1.82) is 0 Å². The lowest BCUT2D eigenvalue weighted by Crippen LogP contribution is -2.01. The molecule has 0 saturated carbocycles. The van der Waals surface area contributed by atoms with E-state index in [9.17, 15) is 0 Å². The quantitative estimate of drug-likeness (QED) is 0.468. The van der Waals surface area contributed by atoms with Crippen LogP contribution in [0.15, 0.2) is 41.6 Å². The molecule has 0 aliphatic carbocycles. The van der Waals surface area contributed by atoms with Crippen LogP contribution in [0, 0.1) is 0 Å². The van der Waals surface area contributed by atoms with Crippen LogP contribution in [0.3, 0.4) is 0 Å². The molecule has 22 heavy (non-hydrogen) atoms. The van der Waals surface area contributed by atoms with Crippen molar-refractivity contribution >= 4 is 29.4 Å². The first-order valence-corrected chi connectivity index (χ1v) is 7.41. The Bertz CT molecular complexity index is 674. The van der Waals surface area contributed by atoms with Crippen molar-refractivity contribution < 1.29 is 14.7 Å². The topological polar surface area (TPSA) is 51.0 Å². The number of ether oxygens (including phenoxy) is 2. The molecule has 0 aliphatic rings. The van der Waals surface area contributed by atoms with Gasteiger partial charge in [0.05, 0.1) is 17.8 Å². The smallest absolute Gasteiger partial charge is 0.180 e. The van der Waals surface area contributed by atoms with E-state index in [1.807, 2.05) is 25.1 Å². The van der Waals surface area contributed by atoms with Crippen molar-refractivity contribution in [2.24, 2.45) is 5.16 Å². The summed E-state index contributed by atoms with van der Waals surface area (Å²) in [4.78, 5) is 0. The fraction of sp³-hybridized carbons (Fsp3) is 0.188. The first-order valence-electron chi connectivity index (χ1n) is 6.65. The molecule has 0 spiro atoms. The van der Waals surface area contributed by atoms with Crippen LogP contribution >= 0.6 is 23.2 Å². The number of nitrogens with zero attached hydrogens (tertiary/aromatic N) is 1. The molecule has 2 rings (SSSR count). The summed E-state index contributed by atoms with van der Waals surface area (Å²) in [5.41, 5.74) is 1.46. The Hall–Kier alpha value is -1.91. The number of benzene rings is 2. The van der Waals surface area contributed by atoms with Crippen molar-refractivity contribution in [2.75, 3.05) is 6.61 Å². The fourth-order valence-electron chi connectivity index (χ4n) is 1.90. The molecule has 1 N–H and O–H groups in total. The van der Waals surface area contributed by atoms with Crippen LogP contribution in [0.25, 0.3) is 0 Å². The van der Waals surface area contributed by atoms with Crippen LogP contribution in [0.2, 0.25) is 10.0 Å². The highest BCUT2D eigenvalue weighted by atomic mass is 35.5. The molecule has 0 bridgehead atoms. The Labute approximate surface area is 138 Å². The summed E-state index contributed by atoms with van der Waals surface area (Å²) in [6.07, 6.45) is 1.27. The zero-order valence-corrected chi connectivity index (χ0v) is 13.4. The maximum Gasteiger partial charge on any atom is 0.180 e. The monoisotopic (exact) mass is 339 g/mol. The van der Waals surface area contributed by atoms with E-state index in [2.05, 4.69) is 5.16 Å². The second-order valence-electron chi connectivity index (χ2n) is 4.39. The summed E-state index contributed by atoms with van der Waals surface area (Å²) in [5.74, 6) is 0.912. The molecular weight excluding hydrogens is 325 g/mol.